The summed E-state index contributed by atoms with van der Waals surface area (Å²) in [5, 5.41) is 2.94. The highest BCUT2D eigenvalue weighted by Crippen LogP contribution is 2.27. The summed E-state index contributed by atoms with van der Waals surface area (Å²) in [6, 6.07) is 4.91. The minimum atomic E-state index is -0.247. The molecule has 0 saturated carbocycles. The van der Waals surface area contributed by atoms with Crippen LogP contribution in [0.4, 0.5) is 5.69 Å². The number of nitrogens with one attached hydrogen (secondary N) is 1. The molecule has 1 aromatic carbocycles. The molecule has 34 heavy (non-hydrogen) atoms. The average molecular weight is 476 g/mol. The predicted octanol–water partition coefficient (Wildman–Crippen LogP) is 2.40. The van der Waals surface area contributed by atoms with Gasteiger partial charge in [-0.3, -0.25) is 14.4 Å². The number of fused-ring (bicyclic) bond motifs is 1. The Balaban J connectivity index is 1.89. The molecule has 9 heteroatoms. The molecular weight excluding hydrogens is 438 g/mol. The zero-order chi connectivity index (χ0) is 24.8. The molecule has 0 bridgehead atoms. The lowest BCUT2D eigenvalue weighted by Crippen LogP contribution is -2.48. The van der Waals surface area contributed by atoms with Crippen molar-refractivity contribution in [3.63, 3.8) is 0 Å². The van der Waals surface area contributed by atoms with E-state index in [1.807, 2.05) is 13.8 Å². The molecule has 1 aromatic rings. The monoisotopic (exact) mass is 475 g/mol. The predicted molar refractivity (Wildman–Crippen MR) is 128 cm³/mol. The molecule has 0 spiro atoms. The normalized spacial score (nSPS) is 25.0. The molecule has 3 rings (SSSR count). The summed E-state index contributed by atoms with van der Waals surface area (Å²) in [5.41, 5.74) is 0.902. The number of benzene rings is 1. The number of amides is 3. The van der Waals surface area contributed by atoms with Crippen molar-refractivity contribution in [3.8, 4) is 5.75 Å². The summed E-state index contributed by atoms with van der Waals surface area (Å²) >= 11 is 0. The number of ether oxygens (including phenoxy) is 3. The summed E-state index contributed by atoms with van der Waals surface area (Å²) in [4.78, 5) is 41.8. The molecular formula is C25H37N3O6. The minimum absolute atomic E-state index is 0.00981. The van der Waals surface area contributed by atoms with E-state index in [4.69, 9.17) is 14.2 Å². The summed E-state index contributed by atoms with van der Waals surface area (Å²) in [5.74, 6) is -0.00736. The summed E-state index contributed by atoms with van der Waals surface area (Å²) in [7, 11) is 3.34. The lowest BCUT2D eigenvalue weighted by molar-refractivity contribution is -0.133. The first-order chi connectivity index (χ1) is 16.2. The Morgan fingerprint density at radius 1 is 1.15 bits per heavy atom. The van der Waals surface area contributed by atoms with E-state index in [1.54, 1.807) is 49.1 Å². The molecule has 0 aromatic heterocycles. The fourth-order valence-electron chi connectivity index (χ4n) is 4.50. The molecule has 1 fully saturated rings. The van der Waals surface area contributed by atoms with E-state index in [1.165, 1.54) is 0 Å². The molecule has 0 unspecified atom stereocenters. The molecule has 2 aliphatic heterocycles. The molecule has 3 atom stereocenters. The molecule has 2 heterocycles. The first-order valence-electron chi connectivity index (χ1n) is 11.9. The van der Waals surface area contributed by atoms with Crippen LogP contribution in [0.15, 0.2) is 18.2 Å². The van der Waals surface area contributed by atoms with Crippen LogP contribution in [0.1, 0.15) is 44.0 Å². The molecule has 0 aliphatic carbocycles. The fourth-order valence-corrected chi connectivity index (χ4v) is 4.50. The number of hydrogen-bond acceptors (Lipinski definition) is 6. The zero-order valence-corrected chi connectivity index (χ0v) is 20.8. The largest absolute Gasteiger partial charge is 0.491 e. The van der Waals surface area contributed by atoms with Crippen molar-refractivity contribution in [3.05, 3.63) is 23.8 Å². The van der Waals surface area contributed by atoms with Crippen LogP contribution in [0.3, 0.4) is 0 Å². The van der Waals surface area contributed by atoms with Crippen molar-refractivity contribution in [2.75, 3.05) is 52.4 Å². The maximum atomic E-state index is 13.4. The minimum Gasteiger partial charge on any atom is -0.491 e. The van der Waals surface area contributed by atoms with Crippen molar-refractivity contribution in [1.29, 1.82) is 0 Å². The van der Waals surface area contributed by atoms with Crippen LogP contribution in [0.2, 0.25) is 0 Å². The van der Waals surface area contributed by atoms with Gasteiger partial charge in [-0.15, -0.1) is 0 Å². The van der Waals surface area contributed by atoms with Gasteiger partial charge in [0.2, 0.25) is 11.8 Å². The summed E-state index contributed by atoms with van der Waals surface area (Å²) in [6.45, 7) is 7.74. The van der Waals surface area contributed by atoms with E-state index < -0.39 is 0 Å². The van der Waals surface area contributed by atoms with Crippen LogP contribution in [0.5, 0.6) is 5.75 Å². The Kier molecular flexibility index (Phi) is 8.90. The van der Waals surface area contributed by atoms with Crippen LogP contribution in [0.25, 0.3) is 0 Å². The Morgan fingerprint density at radius 3 is 2.50 bits per heavy atom. The van der Waals surface area contributed by atoms with Gasteiger partial charge in [-0.25, -0.2) is 0 Å². The smallest absolute Gasteiger partial charge is 0.257 e. The number of methoxy groups -OCH3 is 1. The maximum Gasteiger partial charge on any atom is 0.257 e. The second-order valence-corrected chi connectivity index (χ2v) is 9.36. The topological polar surface area (TPSA) is 97.4 Å². The summed E-state index contributed by atoms with van der Waals surface area (Å²) in [6.07, 6.45) is 1.12. The third kappa shape index (κ3) is 6.27. The lowest BCUT2D eigenvalue weighted by Gasteiger charge is -2.35. The zero-order valence-electron chi connectivity index (χ0n) is 20.8. The maximum absolute atomic E-state index is 13.4. The fraction of sp³-hybridized carbons (Fsp3) is 0.640. The highest BCUT2D eigenvalue weighted by Gasteiger charge is 2.29. The second kappa shape index (κ2) is 11.7. The van der Waals surface area contributed by atoms with E-state index >= 15 is 0 Å². The van der Waals surface area contributed by atoms with Crippen molar-refractivity contribution >= 4 is 23.4 Å². The van der Waals surface area contributed by atoms with Gasteiger partial charge in [-0.1, -0.05) is 6.92 Å². The van der Waals surface area contributed by atoms with Gasteiger partial charge in [0.05, 0.1) is 17.7 Å². The van der Waals surface area contributed by atoms with Gasteiger partial charge in [-0.2, -0.15) is 0 Å². The van der Waals surface area contributed by atoms with Crippen molar-refractivity contribution in [1.82, 2.24) is 9.80 Å². The molecule has 1 N–H and O–H groups in total. The van der Waals surface area contributed by atoms with E-state index in [0.717, 1.165) is 0 Å². The molecule has 2 aliphatic rings. The number of carbonyl (C=O) groups is 3. The van der Waals surface area contributed by atoms with Crippen molar-refractivity contribution in [2.24, 2.45) is 11.8 Å². The number of carbonyl (C=O) groups excluding carboxylic acids is 3. The number of nitrogens with zero attached hydrogens (tertiary/aromatic N) is 2. The number of hydrogen-bond donors (Lipinski definition) is 1. The highest BCUT2D eigenvalue weighted by atomic mass is 16.5. The molecule has 0 radical (unpaired) electrons. The quantitative estimate of drug-likeness (QED) is 0.721. The highest BCUT2D eigenvalue weighted by molar-refractivity contribution is 5.99. The average Bonchev–Trinajstić information content (AvgIpc) is 2.83. The Hall–Kier alpha value is -2.65. The molecule has 1 saturated heterocycles. The van der Waals surface area contributed by atoms with E-state index in [0.29, 0.717) is 56.1 Å². The van der Waals surface area contributed by atoms with Gasteiger partial charge >= 0.3 is 0 Å². The van der Waals surface area contributed by atoms with Crippen LogP contribution in [-0.4, -0.2) is 86.7 Å². The van der Waals surface area contributed by atoms with E-state index in [-0.39, 0.29) is 48.3 Å². The SMILES string of the molecule is CO[C@H]1CN(C)C(=O)c2cc(NC(=O)C3CCOCC3)ccc2OC[C@H](C)N(C(C)=O)C[C@H]1C. The lowest BCUT2D eigenvalue weighted by atomic mass is 9.99. The molecule has 188 valence electrons. The van der Waals surface area contributed by atoms with E-state index in [2.05, 4.69) is 5.32 Å². The standard InChI is InChI=1S/C25H37N3O6/c1-16-13-28(18(3)29)17(2)15-34-22-7-6-20(26-24(30)19-8-10-33-11-9-19)12-21(22)25(31)27(4)14-23(16)32-5/h6-7,12,16-17,19,23H,8-11,13-15H2,1-5H3,(H,26,30)/t16-,17+,23+/m1/s1. The second-order valence-electron chi connectivity index (χ2n) is 9.36. The van der Waals surface area contributed by atoms with E-state index in [9.17, 15) is 14.4 Å². The van der Waals surface area contributed by atoms with Gasteiger partial charge < -0.3 is 29.3 Å². The third-order valence-electron chi connectivity index (χ3n) is 6.71. The molecule has 9 nitrogen and oxygen atoms in total. The first-order valence-corrected chi connectivity index (χ1v) is 11.9. The number of anilines is 1. The van der Waals surface area contributed by atoms with Gasteiger partial charge in [-0.05, 0) is 38.0 Å². The Labute approximate surface area is 201 Å². The Bertz CT molecular complexity index is 885. The van der Waals surface area contributed by atoms with Crippen LogP contribution in [-0.2, 0) is 19.1 Å². The van der Waals surface area contributed by atoms with Gasteiger partial charge in [0.15, 0.2) is 0 Å². The Morgan fingerprint density at radius 2 is 1.85 bits per heavy atom. The van der Waals surface area contributed by atoms with Crippen molar-refractivity contribution in [2.45, 2.75) is 45.8 Å². The van der Waals surface area contributed by atoms with Gasteiger partial charge in [0.1, 0.15) is 12.4 Å². The van der Waals surface area contributed by atoms with Crippen LogP contribution < -0.4 is 10.1 Å². The third-order valence-corrected chi connectivity index (χ3v) is 6.71. The van der Waals surface area contributed by atoms with Crippen LogP contribution >= 0.6 is 0 Å². The van der Waals surface area contributed by atoms with Gasteiger partial charge in [0, 0.05) is 64.9 Å². The number of rotatable bonds is 3. The first kappa shape index (κ1) is 26.0. The van der Waals surface area contributed by atoms with Gasteiger partial charge in [0.25, 0.3) is 5.91 Å². The van der Waals surface area contributed by atoms with Crippen molar-refractivity contribution < 1.29 is 28.6 Å². The summed E-state index contributed by atoms with van der Waals surface area (Å²) < 4.78 is 17.1. The number of likely N-dealkylation sites (N-methyl/N-ethyl adjacent to an activating group) is 1. The van der Waals surface area contributed by atoms with Crippen LogP contribution in [0, 0.1) is 11.8 Å². The molecule has 3 amide bonds.